The highest BCUT2D eigenvalue weighted by Gasteiger charge is 2.17. The van der Waals surface area contributed by atoms with E-state index in [1.54, 1.807) is 7.11 Å². The molecule has 0 heterocycles. The molecule has 1 aromatic rings. The molecule has 0 aliphatic heterocycles. The maximum Gasteiger partial charge on any atom is 0.236 e. The minimum Gasteiger partial charge on any atom is -0.496 e. The summed E-state index contributed by atoms with van der Waals surface area (Å²) in [4.78, 5) is 11.9. The first-order chi connectivity index (χ1) is 9.45. The Hall–Kier alpha value is -1.26. The van der Waals surface area contributed by atoms with Crippen LogP contribution in [-0.2, 0) is 4.79 Å². The van der Waals surface area contributed by atoms with E-state index in [1.165, 1.54) is 0 Å². The summed E-state index contributed by atoms with van der Waals surface area (Å²) in [5.41, 5.74) is 6.95. The number of hydrogen-bond acceptors (Lipinski definition) is 3. The van der Waals surface area contributed by atoms with Gasteiger partial charge >= 0.3 is 0 Å². The number of halogens is 1. The minimum absolute atomic E-state index is 0. The molecule has 0 saturated carbocycles. The zero-order chi connectivity index (χ0) is 15.1. The number of para-hydroxylation sites is 1. The largest absolute Gasteiger partial charge is 0.496 e. The van der Waals surface area contributed by atoms with Gasteiger partial charge in [-0.15, -0.1) is 12.4 Å². The van der Waals surface area contributed by atoms with Crippen LogP contribution in [0, 0.1) is 5.92 Å². The van der Waals surface area contributed by atoms with Crippen molar-refractivity contribution in [1.82, 2.24) is 5.32 Å². The van der Waals surface area contributed by atoms with Gasteiger partial charge in [-0.1, -0.05) is 39.0 Å². The molecule has 0 bridgehead atoms. The second kappa shape index (κ2) is 9.64. The van der Waals surface area contributed by atoms with Gasteiger partial charge in [0.25, 0.3) is 0 Å². The third-order valence-corrected chi connectivity index (χ3v) is 3.31. The van der Waals surface area contributed by atoms with Crippen LogP contribution >= 0.6 is 12.4 Å². The van der Waals surface area contributed by atoms with Gasteiger partial charge < -0.3 is 15.8 Å². The van der Waals surface area contributed by atoms with Gasteiger partial charge in [-0.25, -0.2) is 0 Å². The Bertz CT molecular complexity index is 438. The Balaban J connectivity index is 0.00000400. The van der Waals surface area contributed by atoms with Crippen molar-refractivity contribution in [2.45, 2.75) is 39.2 Å². The first kappa shape index (κ1) is 19.7. The number of amides is 1. The number of rotatable bonds is 7. The number of methoxy groups -OCH3 is 1. The van der Waals surface area contributed by atoms with Crippen molar-refractivity contribution in [3.8, 4) is 5.75 Å². The number of benzene rings is 1. The Morgan fingerprint density at radius 1 is 1.29 bits per heavy atom. The summed E-state index contributed by atoms with van der Waals surface area (Å²) in [6.45, 7) is 6.74. The van der Waals surface area contributed by atoms with E-state index < -0.39 is 6.04 Å². The second-order valence-electron chi connectivity index (χ2n) is 5.62. The molecular formula is C16H27ClN2O2. The lowest BCUT2D eigenvalue weighted by atomic mass is 9.99. The third kappa shape index (κ3) is 6.36. The molecule has 0 radical (unpaired) electrons. The molecule has 0 spiro atoms. The standard InChI is InChI=1S/C16H26N2O2.ClH/c1-11(2)9-14(17)16(19)18-10-12(3)13-7-5-6-8-15(13)20-4;/h5-8,11-12,14H,9-10,17H2,1-4H3,(H,18,19);1H/t12?,14-;/m0./s1. The summed E-state index contributed by atoms with van der Waals surface area (Å²) < 4.78 is 5.34. The summed E-state index contributed by atoms with van der Waals surface area (Å²) in [5.74, 6) is 1.37. The van der Waals surface area contributed by atoms with E-state index in [-0.39, 0.29) is 24.2 Å². The van der Waals surface area contributed by atoms with Gasteiger partial charge in [-0.05, 0) is 24.0 Å². The second-order valence-corrected chi connectivity index (χ2v) is 5.62. The third-order valence-electron chi connectivity index (χ3n) is 3.31. The molecule has 1 amide bonds. The van der Waals surface area contributed by atoms with Crippen LogP contribution in [0.15, 0.2) is 24.3 Å². The highest BCUT2D eigenvalue weighted by molar-refractivity contribution is 5.85. The van der Waals surface area contributed by atoms with Gasteiger partial charge in [0, 0.05) is 12.5 Å². The highest BCUT2D eigenvalue weighted by atomic mass is 35.5. The molecule has 120 valence electrons. The van der Waals surface area contributed by atoms with Crippen LogP contribution in [0.5, 0.6) is 5.75 Å². The Morgan fingerprint density at radius 2 is 1.90 bits per heavy atom. The van der Waals surface area contributed by atoms with Gasteiger partial charge in [0.1, 0.15) is 5.75 Å². The molecular weight excluding hydrogens is 288 g/mol. The van der Waals surface area contributed by atoms with Gasteiger partial charge in [-0.2, -0.15) is 0 Å². The number of nitrogens with two attached hydrogens (primary N) is 1. The minimum atomic E-state index is -0.431. The maximum absolute atomic E-state index is 11.9. The van der Waals surface area contributed by atoms with Crippen LogP contribution in [0.4, 0.5) is 0 Å². The number of hydrogen-bond donors (Lipinski definition) is 2. The van der Waals surface area contributed by atoms with Crippen molar-refractivity contribution < 1.29 is 9.53 Å². The fourth-order valence-corrected chi connectivity index (χ4v) is 2.18. The van der Waals surface area contributed by atoms with E-state index >= 15 is 0 Å². The fraction of sp³-hybridized carbons (Fsp3) is 0.562. The van der Waals surface area contributed by atoms with Gasteiger partial charge in [0.2, 0.25) is 5.91 Å². The summed E-state index contributed by atoms with van der Waals surface area (Å²) >= 11 is 0. The van der Waals surface area contributed by atoms with Crippen LogP contribution in [0.3, 0.4) is 0 Å². The summed E-state index contributed by atoms with van der Waals surface area (Å²) in [6, 6.07) is 7.43. The summed E-state index contributed by atoms with van der Waals surface area (Å²) in [6.07, 6.45) is 0.703. The molecule has 0 saturated heterocycles. The average Bonchev–Trinajstić information content (AvgIpc) is 2.43. The molecule has 0 aromatic heterocycles. The predicted octanol–water partition coefficient (Wildman–Crippen LogP) is 2.71. The molecule has 2 atom stereocenters. The predicted molar refractivity (Wildman–Crippen MR) is 89.1 cm³/mol. The average molecular weight is 315 g/mol. The van der Waals surface area contributed by atoms with E-state index in [4.69, 9.17) is 10.5 Å². The lowest BCUT2D eigenvalue weighted by Gasteiger charge is -2.18. The van der Waals surface area contributed by atoms with Crippen molar-refractivity contribution >= 4 is 18.3 Å². The van der Waals surface area contributed by atoms with Gasteiger partial charge in [-0.3, -0.25) is 4.79 Å². The molecule has 1 aromatic carbocycles. The van der Waals surface area contributed by atoms with Crippen LogP contribution in [-0.4, -0.2) is 25.6 Å². The lowest BCUT2D eigenvalue weighted by Crippen LogP contribution is -2.42. The van der Waals surface area contributed by atoms with Crippen molar-refractivity contribution in [1.29, 1.82) is 0 Å². The Labute approximate surface area is 133 Å². The number of nitrogens with one attached hydrogen (secondary N) is 1. The van der Waals surface area contributed by atoms with Crippen LogP contribution in [0.1, 0.15) is 38.7 Å². The lowest BCUT2D eigenvalue weighted by molar-refractivity contribution is -0.122. The SMILES string of the molecule is COc1ccccc1C(C)CNC(=O)[C@@H](N)CC(C)C.Cl. The van der Waals surface area contributed by atoms with Crippen LogP contribution in [0.25, 0.3) is 0 Å². The molecule has 5 heteroatoms. The van der Waals surface area contributed by atoms with Crippen molar-refractivity contribution in [2.24, 2.45) is 11.7 Å². The zero-order valence-corrected chi connectivity index (χ0v) is 14.1. The fourth-order valence-electron chi connectivity index (χ4n) is 2.18. The van der Waals surface area contributed by atoms with E-state index in [0.29, 0.717) is 18.9 Å². The summed E-state index contributed by atoms with van der Waals surface area (Å²) in [7, 11) is 1.66. The van der Waals surface area contributed by atoms with Crippen molar-refractivity contribution in [3.05, 3.63) is 29.8 Å². The van der Waals surface area contributed by atoms with Crippen molar-refractivity contribution in [3.63, 3.8) is 0 Å². The molecule has 21 heavy (non-hydrogen) atoms. The molecule has 0 fully saturated rings. The summed E-state index contributed by atoms with van der Waals surface area (Å²) in [5, 5.41) is 2.92. The Kier molecular flexibility index (Phi) is 9.06. The van der Waals surface area contributed by atoms with Crippen LogP contribution in [0.2, 0.25) is 0 Å². The quantitative estimate of drug-likeness (QED) is 0.813. The molecule has 0 aliphatic carbocycles. The number of carbonyl (C=O) groups excluding carboxylic acids is 1. The van der Waals surface area contributed by atoms with E-state index in [9.17, 15) is 4.79 Å². The smallest absolute Gasteiger partial charge is 0.236 e. The highest BCUT2D eigenvalue weighted by Crippen LogP contribution is 2.25. The van der Waals surface area contributed by atoms with Crippen molar-refractivity contribution in [2.75, 3.05) is 13.7 Å². The first-order valence-corrected chi connectivity index (χ1v) is 7.11. The topological polar surface area (TPSA) is 64.3 Å². The molecule has 3 N–H and O–H groups in total. The van der Waals surface area contributed by atoms with E-state index in [1.807, 2.05) is 24.3 Å². The molecule has 1 unspecified atom stereocenters. The number of carbonyl (C=O) groups is 1. The number of ether oxygens (including phenoxy) is 1. The molecule has 0 aliphatic rings. The van der Waals surface area contributed by atoms with Gasteiger partial charge in [0.05, 0.1) is 13.2 Å². The monoisotopic (exact) mass is 314 g/mol. The van der Waals surface area contributed by atoms with E-state index in [0.717, 1.165) is 11.3 Å². The first-order valence-electron chi connectivity index (χ1n) is 7.11. The van der Waals surface area contributed by atoms with E-state index in [2.05, 4.69) is 26.1 Å². The van der Waals surface area contributed by atoms with Crippen LogP contribution < -0.4 is 15.8 Å². The maximum atomic E-state index is 11.9. The molecule has 4 nitrogen and oxygen atoms in total. The molecule has 1 rings (SSSR count). The zero-order valence-electron chi connectivity index (χ0n) is 13.3. The normalized spacial score (nSPS) is 13.2. The van der Waals surface area contributed by atoms with Gasteiger partial charge in [0.15, 0.2) is 0 Å². The Morgan fingerprint density at radius 3 is 2.48 bits per heavy atom.